The minimum atomic E-state index is 0.498. The summed E-state index contributed by atoms with van der Waals surface area (Å²) < 4.78 is 5.40. The van der Waals surface area contributed by atoms with Crippen LogP contribution >= 0.6 is 0 Å². The van der Waals surface area contributed by atoms with Crippen LogP contribution < -0.4 is 5.32 Å². The summed E-state index contributed by atoms with van der Waals surface area (Å²) in [6.45, 7) is 6.12. The Labute approximate surface area is 103 Å². The van der Waals surface area contributed by atoms with Crippen LogP contribution in [0.2, 0.25) is 0 Å². The van der Waals surface area contributed by atoms with E-state index in [-0.39, 0.29) is 0 Å². The van der Waals surface area contributed by atoms with Gasteiger partial charge in [0, 0.05) is 25.7 Å². The molecule has 3 nitrogen and oxygen atoms in total. The van der Waals surface area contributed by atoms with Crippen LogP contribution in [0.15, 0.2) is 24.3 Å². The van der Waals surface area contributed by atoms with Gasteiger partial charge in [0.05, 0.1) is 13.2 Å². The first kappa shape index (κ1) is 11.2. The van der Waals surface area contributed by atoms with Crippen LogP contribution in [0, 0.1) is 0 Å². The third-order valence-corrected chi connectivity index (χ3v) is 3.76. The molecule has 17 heavy (non-hydrogen) atoms. The number of rotatable bonds is 2. The number of hydrogen-bond donors (Lipinski definition) is 1. The molecule has 1 fully saturated rings. The third-order valence-electron chi connectivity index (χ3n) is 3.76. The molecule has 0 bridgehead atoms. The maximum atomic E-state index is 5.40. The minimum absolute atomic E-state index is 0.498. The predicted octanol–water partition coefficient (Wildman–Crippen LogP) is 1.21. The molecule has 2 aliphatic rings. The van der Waals surface area contributed by atoms with E-state index in [0.717, 1.165) is 45.8 Å². The summed E-state index contributed by atoms with van der Waals surface area (Å²) in [6, 6.07) is 9.33. The summed E-state index contributed by atoms with van der Waals surface area (Å²) in [5, 5.41) is 3.64. The van der Waals surface area contributed by atoms with E-state index >= 15 is 0 Å². The normalized spacial score (nSPS) is 25.5. The molecule has 1 N–H and O–H groups in total. The van der Waals surface area contributed by atoms with Crippen molar-refractivity contribution >= 4 is 0 Å². The zero-order valence-corrected chi connectivity index (χ0v) is 10.2. The van der Waals surface area contributed by atoms with E-state index in [2.05, 4.69) is 34.5 Å². The monoisotopic (exact) mass is 232 g/mol. The molecule has 1 atom stereocenters. The van der Waals surface area contributed by atoms with Crippen LogP contribution in [0.4, 0.5) is 0 Å². The van der Waals surface area contributed by atoms with E-state index in [4.69, 9.17) is 4.74 Å². The second-order valence-electron chi connectivity index (χ2n) is 4.87. The van der Waals surface area contributed by atoms with Gasteiger partial charge in [-0.2, -0.15) is 0 Å². The molecule has 2 aliphatic heterocycles. The molecule has 92 valence electrons. The van der Waals surface area contributed by atoms with Crippen molar-refractivity contribution in [3.05, 3.63) is 35.4 Å². The first-order chi connectivity index (χ1) is 8.43. The van der Waals surface area contributed by atoms with E-state index in [1.54, 1.807) is 0 Å². The van der Waals surface area contributed by atoms with Crippen molar-refractivity contribution in [2.75, 3.05) is 39.4 Å². The van der Waals surface area contributed by atoms with Crippen molar-refractivity contribution in [3.8, 4) is 0 Å². The Morgan fingerprint density at radius 1 is 1.24 bits per heavy atom. The van der Waals surface area contributed by atoms with Crippen molar-refractivity contribution in [1.29, 1.82) is 0 Å². The topological polar surface area (TPSA) is 24.5 Å². The lowest BCUT2D eigenvalue weighted by atomic mass is 9.94. The molecule has 1 aromatic carbocycles. The van der Waals surface area contributed by atoms with Gasteiger partial charge in [-0.25, -0.2) is 0 Å². The maximum absolute atomic E-state index is 5.40. The predicted molar refractivity (Wildman–Crippen MR) is 68.1 cm³/mol. The lowest BCUT2D eigenvalue weighted by molar-refractivity contribution is 0.0331. The molecule has 2 heterocycles. The molecule has 1 saturated heterocycles. The Bertz CT molecular complexity index is 374. The highest BCUT2D eigenvalue weighted by atomic mass is 16.5. The quantitative estimate of drug-likeness (QED) is 0.829. The summed E-state index contributed by atoms with van der Waals surface area (Å²) in [7, 11) is 0. The second-order valence-corrected chi connectivity index (χ2v) is 4.87. The summed E-state index contributed by atoms with van der Waals surface area (Å²) >= 11 is 0. The van der Waals surface area contributed by atoms with Crippen molar-refractivity contribution in [2.24, 2.45) is 0 Å². The van der Waals surface area contributed by atoms with Crippen LogP contribution in [0.1, 0.15) is 17.2 Å². The molecule has 0 saturated carbocycles. The molecular formula is C14H20N2O. The van der Waals surface area contributed by atoms with Crippen LogP contribution in [-0.2, 0) is 11.2 Å². The standard InChI is InChI=1S/C14H20N2O/c1-2-4-13-12(3-1)5-6-15-14(13)11-16-7-9-17-10-8-16/h1-4,14-15H,5-11H2/t14-/m1/s1. The van der Waals surface area contributed by atoms with Gasteiger partial charge in [-0.3, -0.25) is 4.90 Å². The fourth-order valence-electron chi connectivity index (χ4n) is 2.80. The van der Waals surface area contributed by atoms with Gasteiger partial charge in [-0.15, -0.1) is 0 Å². The van der Waals surface area contributed by atoms with E-state index in [1.807, 2.05) is 0 Å². The Kier molecular flexibility index (Phi) is 3.41. The van der Waals surface area contributed by atoms with Gasteiger partial charge in [-0.05, 0) is 24.1 Å². The number of hydrogen-bond acceptors (Lipinski definition) is 3. The fourth-order valence-corrected chi connectivity index (χ4v) is 2.80. The summed E-state index contributed by atoms with van der Waals surface area (Å²) in [6.07, 6.45) is 1.16. The summed E-state index contributed by atoms with van der Waals surface area (Å²) in [4.78, 5) is 2.50. The van der Waals surface area contributed by atoms with E-state index in [9.17, 15) is 0 Å². The van der Waals surface area contributed by atoms with E-state index in [0.29, 0.717) is 6.04 Å². The van der Waals surface area contributed by atoms with Gasteiger partial charge in [0.25, 0.3) is 0 Å². The lowest BCUT2D eigenvalue weighted by Gasteiger charge is -2.34. The van der Waals surface area contributed by atoms with Gasteiger partial charge in [0.2, 0.25) is 0 Å². The van der Waals surface area contributed by atoms with Gasteiger partial charge >= 0.3 is 0 Å². The lowest BCUT2D eigenvalue weighted by Crippen LogP contribution is -2.43. The SMILES string of the molecule is c1ccc2c(c1)CCN[C@@H]2CN1CCOCC1. The molecule has 0 unspecified atom stereocenters. The third kappa shape index (κ3) is 2.51. The number of fused-ring (bicyclic) bond motifs is 1. The molecule has 3 heteroatoms. The minimum Gasteiger partial charge on any atom is -0.379 e. The van der Waals surface area contributed by atoms with E-state index < -0.39 is 0 Å². The molecule has 0 aromatic heterocycles. The van der Waals surface area contributed by atoms with Gasteiger partial charge in [0.15, 0.2) is 0 Å². The van der Waals surface area contributed by atoms with Crippen LogP contribution in [0.3, 0.4) is 0 Å². The van der Waals surface area contributed by atoms with Gasteiger partial charge in [0.1, 0.15) is 0 Å². The maximum Gasteiger partial charge on any atom is 0.0594 e. The van der Waals surface area contributed by atoms with Crippen LogP contribution in [0.25, 0.3) is 0 Å². The molecule has 0 radical (unpaired) electrons. The number of benzene rings is 1. The Morgan fingerprint density at radius 2 is 2.06 bits per heavy atom. The van der Waals surface area contributed by atoms with Crippen molar-refractivity contribution in [2.45, 2.75) is 12.5 Å². The first-order valence-corrected chi connectivity index (χ1v) is 6.55. The smallest absolute Gasteiger partial charge is 0.0594 e. The zero-order valence-electron chi connectivity index (χ0n) is 10.2. The number of morpholine rings is 1. The second kappa shape index (κ2) is 5.17. The molecular weight excluding hydrogens is 212 g/mol. The van der Waals surface area contributed by atoms with Crippen molar-refractivity contribution in [3.63, 3.8) is 0 Å². The molecule has 3 rings (SSSR count). The first-order valence-electron chi connectivity index (χ1n) is 6.55. The summed E-state index contributed by atoms with van der Waals surface area (Å²) in [5.41, 5.74) is 3.01. The Morgan fingerprint density at radius 3 is 2.94 bits per heavy atom. The average Bonchev–Trinajstić information content (AvgIpc) is 2.40. The van der Waals surface area contributed by atoms with Gasteiger partial charge < -0.3 is 10.1 Å². The molecule has 0 aliphatic carbocycles. The van der Waals surface area contributed by atoms with Crippen molar-refractivity contribution < 1.29 is 4.74 Å². The number of nitrogens with one attached hydrogen (secondary N) is 1. The molecule has 0 spiro atoms. The zero-order chi connectivity index (χ0) is 11.5. The Hall–Kier alpha value is -0.900. The number of ether oxygens (including phenoxy) is 1. The Balaban J connectivity index is 1.71. The van der Waals surface area contributed by atoms with Crippen LogP contribution in [-0.4, -0.2) is 44.3 Å². The van der Waals surface area contributed by atoms with Crippen molar-refractivity contribution in [1.82, 2.24) is 10.2 Å². The average molecular weight is 232 g/mol. The highest BCUT2D eigenvalue weighted by Gasteiger charge is 2.22. The van der Waals surface area contributed by atoms with Gasteiger partial charge in [-0.1, -0.05) is 24.3 Å². The highest BCUT2D eigenvalue weighted by molar-refractivity contribution is 5.32. The largest absolute Gasteiger partial charge is 0.379 e. The highest BCUT2D eigenvalue weighted by Crippen LogP contribution is 2.23. The van der Waals surface area contributed by atoms with E-state index in [1.165, 1.54) is 11.1 Å². The van der Waals surface area contributed by atoms with Crippen LogP contribution in [0.5, 0.6) is 0 Å². The molecule has 1 aromatic rings. The molecule has 0 amide bonds. The summed E-state index contributed by atoms with van der Waals surface area (Å²) in [5.74, 6) is 0. The fraction of sp³-hybridized carbons (Fsp3) is 0.571. The number of nitrogens with zero attached hydrogens (tertiary/aromatic N) is 1.